The largest absolute Gasteiger partial charge is 0.385 e. The Hall–Kier alpha value is -1.47. The Balaban J connectivity index is 1.92. The number of rotatable bonds is 3. The van der Waals surface area contributed by atoms with Crippen LogP contribution in [-0.2, 0) is 14.3 Å². The van der Waals surface area contributed by atoms with E-state index in [1.807, 2.05) is 0 Å². The number of ether oxygens (including phenoxy) is 1. The number of aliphatic hydroxyl groups is 1. The minimum Gasteiger partial charge on any atom is -0.385 e. The van der Waals surface area contributed by atoms with Gasteiger partial charge >= 0.3 is 0 Å². The molecule has 0 spiro atoms. The maximum Gasteiger partial charge on any atom is 0.267 e. The van der Waals surface area contributed by atoms with Gasteiger partial charge in [0.15, 0.2) is 0 Å². The van der Waals surface area contributed by atoms with Gasteiger partial charge in [0.25, 0.3) is 5.91 Å². The van der Waals surface area contributed by atoms with Gasteiger partial charge in [-0.25, -0.2) is 5.01 Å². The molecule has 1 saturated heterocycles. The first-order chi connectivity index (χ1) is 8.92. The molecule has 0 aromatic carbocycles. The summed E-state index contributed by atoms with van der Waals surface area (Å²) in [6, 6.07) is 0. The molecule has 1 fully saturated rings. The number of hydrazone groups is 1. The molecular weight excluding hydrogens is 250 g/mol. The highest BCUT2D eigenvalue weighted by molar-refractivity contribution is 6.39. The fourth-order valence-corrected chi connectivity index (χ4v) is 2.17. The van der Waals surface area contributed by atoms with E-state index in [0.29, 0.717) is 25.2 Å². The van der Waals surface area contributed by atoms with Crippen molar-refractivity contribution in [1.82, 2.24) is 10.3 Å². The van der Waals surface area contributed by atoms with Gasteiger partial charge in [0.1, 0.15) is 11.3 Å². The molecule has 0 aliphatic carbocycles. The van der Waals surface area contributed by atoms with E-state index < -0.39 is 5.60 Å². The number of amides is 2. The summed E-state index contributed by atoms with van der Waals surface area (Å²) >= 11 is 0. The monoisotopic (exact) mass is 269 g/mol. The van der Waals surface area contributed by atoms with Gasteiger partial charge in [-0.3, -0.25) is 9.59 Å². The summed E-state index contributed by atoms with van der Waals surface area (Å²) in [6.45, 7) is 2.40. The lowest BCUT2D eigenvalue weighted by atomic mass is 9.96. The highest BCUT2D eigenvalue weighted by Crippen LogP contribution is 2.24. The summed E-state index contributed by atoms with van der Waals surface area (Å²) in [5, 5.41) is 18.0. The Morgan fingerprint density at radius 1 is 1.63 bits per heavy atom. The van der Waals surface area contributed by atoms with Crippen molar-refractivity contribution >= 4 is 17.5 Å². The predicted octanol–water partition coefficient (Wildman–Crippen LogP) is -0.749. The average molecular weight is 269 g/mol. The first-order valence-electron chi connectivity index (χ1n) is 6.38. The van der Waals surface area contributed by atoms with Crippen LogP contribution in [0.1, 0.15) is 26.2 Å². The van der Waals surface area contributed by atoms with E-state index in [0.717, 1.165) is 0 Å². The second-order valence-electron chi connectivity index (χ2n) is 5.01. The van der Waals surface area contributed by atoms with Crippen LogP contribution in [0.25, 0.3) is 0 Å². The molecule has 0 aromatic heterocycles. The number of hydrogen-bond donors (Lipinski definition) is 2. The minimum atomic E-state index is -1.02. The van der Waals surface area contributed by atoms with E-state index >= 15 is 0 Å². The summed E-state index contributed by atoms with van der Waals surface area (Å²) in [4.78, 5) is 23.2. The Bertz CT molecular complexity index is 423. The molecule has 0 aromatic rings. The number of nitrogens with zero attached hydrogens (tertiary/aromatic N) is 2. The van der Waals surface area contributed by atoms with Crippen LogP contribution in [-0.4, -0.2) is 59.5 Å². The molecule has 7 heteroatoms. The molecule has 2 N–H and O–H groups in total. The third kappa shape index (κ3) is 2.93. The molecule has 2 rings (SSSR count). The quantitative estimate of drug-likeness (QED) is 0.705. The van der Waals surface area contributed by atoms with Crippen LogP contribution in [0.4, 0.5) is 0 Å². The molecule has 2 heterocycles. The molecular formula is C12H19N3O4. The fraction of sp³-hybridized carbons (Fsp3) is 0.750. The lowest BCUT2D eigenvalue weighted by Crippen LogP contribution is -2.49. The van der Waals surface area contributed by atoms with Gasteiger partial charge in [0.2, 0.25) is 5.91 Å². The van der Waals surface area contributed by atoms with Gasteiger partial charge in [0, 0.05) is 39.5 Å². The highest BCUT2D eigenvalue weighted by Gasteiger charge is 2.40. The number of carbonyl (C=O) groups excluding carboxylic acids is 2. The van der Waals surface area contributed by atoms with E-state index in [1.165, 1.54) is 12.1 Å². The topological polar surface area (TPSA) is 91.2 Å². The molecule has 19 heavy (non-hydrogen) atoms. The minimum absolute atomic E-state index is 0.104. The maximum absolute atomic E-state index is 11.9. The van der Waals surface area contributed by atoms with Crippen molar-refractivity contribution in [1.29, 1.82) is 0 Å². The summed E-state index contributed by atoms with van der Waals surface area (Å²) in [7, 11) is 1.52. The normalized spacial score (nSPS) is 31.3. The number of nitrogens with one attached hydrogen (secondary N) is 1. The zero-order chi connectivity index (χ0) is 14.0. The van der Waals surface area contributed by atoms with E-state index in [-0.39, 0.29) is 30.9 Å². The van der Waals surface area contributed by atoms with Crippen LogP contribution in [0.5, 0.6) is 0 Å². The van der Waals surface area contributed by atoms with Crippen molar-refractivity contribution in [3.63, 3.8) is 0 Å². The average Bonchev–Trinajstić information content (AvgIpc) is 2.71. The van der Waals surface area contributed by atoms with Gasteiger partial charge in [-0.15, -0.1) is 0 Å². The molecule has 0 bridgehead atoms. The summed E-state index contributed by atoms with van der Waals surface area (Å²) in [5.74, 6) is -0.445. The standard InChI is InChI=1S/C12H19N3O4/c1-8-12(18,5-6-19-8)7-13-11(17)9-3-4-10(16)15(2)14-9/h8,18H,3-7H2,1-2H3,(H,13,17). The maximum atomic E-state index is 11.9. The van der Waals surface area contributed by atoms with Crippen molar-refractivity contribution in [3.8, 4) is 0 Å². The van der Waals surface area contributed by atoms with E-state index in [2.05, 4.69) is 10.4 Å². The zero-order valence-corrected chi connectivity index (χ0v) is 11.2. The second kappa shape index (κ2) is 5.26. The first kappa shape index (κ1) is 14.0. The van der Waals surface area contributed by atoms with E-state index in [1.54, 1.807) is 6.92 Å². The van der Waals surface area contributed by atoms with Crippen LogP contribution in [0.15, 0.2) is 5.10 Å². The predicted molar refractivity (Wildman–Crippen MR) is 67.4 cm³/mol. The van der Waals surface area contributed by atoms with Gasteiger partial charge in [0.05, 0.1) is 6.10 Å². The summed E-state index contributed by atoms with van der Waals surface area (Å²) in [6.07, 6.45) is 0.816. The molecule has 2 atom stereocenters. The smallest absolute Gasteiger partial charge is 0.267 e. The van der Waals surface area contributed by atoms with Crippen LogP contribution in [0.2, 0.25) is 0 Å². The fourth-order valence-electron chi connectivity index (χ4n) is 2.17. The Morgan fingerprint density at radius 2 is 2.37 bits per heavy atom. The highest BCUT2D eigenvalue weighted by atomic mass is 16.5. The van der Waals surface area contributed by atoms with Crippen molar-refractivity contribution in [2.45, 2.75) is 37.9 Å². The van der Waals surface area contributed by atoms with Gasteiger partial charge in [-0.2, -0.15) is 5.10 Å². The third-order valence-electron chi connectivity index (χ3n) is 3.68. The number of hydrogen-bond acceptors (Lipinski definition) is 5. The molecule has 106 valence electrons. The Labute approximate surface area is 111 Å². The lowest BCUT2D eigenvalue weighted by Gasteiger charge is -2.26. The summed E-state index contributed by atoms with van der Waals surface area (Å²) in [5.41, 5.74) is -0.704. The van der Waals surface area contributed by atoms with Gasteiger partial charge in [-0.05, 0) is 6.92 Å². The molecule has 2 unspecified atom stereocenters. The van der Waals surface area contributed by atoms with Crippen molar-refractivity contribution in [2.75, 3.05) is 20.2 Å². The van der Waals surface area contributed by atoms with Crippen molar-refractivity contribution < 1.29 is 19.4 Å². The molecule has 0 radical (unpaired) electrons. The van der Waals surface area contributed by atoms with E-state index in [4.69, 9.17) is 4.74 Å². The Morgan fingerprint density at radius 3 is 2.95 bits per heavy atom. The molecule has 2 amide bonds. The van der Waals surface area contributed by atoms with Crippen molar-refractivity contribution in [3.05, 3.63) is 0 Å². The lowest BCUT2D eigenvalue weighted by molar-refractivity contribution is -0.130. The zero-order valence-electron chi connectivity index (χ0n) is 11.2. The van der Waals surface area contributed by atoms with Crippen LogP contribution in [0.3, 0.4) is 0 Å². The van der Waals surface area contributed by atoms with Crippen molar-refractivity contribution in [2.24, 2.45) is 5.10 Å². The molecule has 7 nitrogen and oxygen atoms in total. The third-order valence-corrected chi connectivity index (χ3v) is 3.68. The second-order valence-corrected chi connectivity index (χ2v) is 5.01. The molecule has 2 aliphatic heterocycles. The van der Waals surface area contributed by atoms with E-state index in [9.17, 15) is 14.7 Å². The van der Waals surface area contributed by atoms with Crippen LogP contribution in [0, 0.1) is 0 Å². The first-order valence-corrected chi connectivity index (χ1v) is 6.38. The Kier molecular flexibility index (Phi) is 3.86. The molecule has 0 saturated carbocycles. The SMILES string of the molecule is CC1OCCC1(O)CNC(=O)C1=NN(C)C(=O)CC1. The van der Waals surface area contributed by atoms with Gasteiger partial charge in [-0.1, -0.05) is 0 Å². The van der Waals surface area contributed by atoms with Gasteiger partial charge < -0.3 is 15.2 Å². The van der Waals surface area contributed by atoms with Crippen LogP contribution < -0.4 is 5.32 Å². The summed E-state index contributed by atoms with van der Waals surface area (Å²) < 4.78 is 5.29. The van der Waals surface area contributed by atoms with Crippen LogP contribution >= 0.6 is 0 Å². The number of carbonyl (C=O) groups is 2. The molecule has 2 aliphatic rings.